The predicted octanol–water partition coefficient (Wildman–Crippen LogP) is 4.83. The fourth-order valence-electron chi connectivity index (χ4n) is 3.11. The number of hydrogen-bond donors (Lipinski definition) is 0. The average molecular weight is 407 g/mol. The Bertz CT molecular complexity index is 1110. The molecule has 6 nitrogen and oxygen atoms in total. The van der Waals surface area contributed by atoms with Crippen molar-refractivity contribution in [2.75, 3.05) is 13.7 Å². The average Bonchev–Trinajstić information content (AvgIpc) is 3.36. The topological polar surface area (TPSA) is 62.1 Å². The number of nitrogens with zero attached hydrogens (tertiary/aromatic N) is 4. The van der Waals surface area contributed by atoms with E-state index in [-0.39, 0.29) is 0 Å². The molecule has 0 unspecified atom stereocenters. The van der Waals surface area contributed by atoms with Crippen molar-refractivity contribution in [1.82, 2.24) is 19.7 Å². The van der Waals surface area contributed by atoms with Crippen LogP contribution in [0.2, 0.25) is 0 Å². The number of rotatable bonds is 7. The van der Waals surface area contributed by atoms with Gasteiger partial charge in [0.05, 0.1) is 26.0 Å². The van der Waals surface area contributed by atoms with Crippen molar-refractivity contribution in [1.29, 1.82) is 0 Å². The van der Waals surface area contributed by atoms with Gasteiger partial charge in [-0.2, -0.15) is 5.10 Å². The van der Waals surface area contributed by atoms with Crippen LogP contribution >= 0.6 is 11.3 Å². The number of thiazole rings is 1. The van der Waals surface area contributed by atoms with Gasteiger partial charge < -0.3 is 9.47 Å². The summed E-state index contributed by atoms with van der Waals surface area (Å²) in [7, 11) is 1.65. The largest absolute Gasteiger partial charge is 0.493 e. The lowest BCUT2D eigenvalue weighted by Crippen LogP contribution is -2.04. The van der Waals surface area contributed by atoms with Crippen LogP contribution in [0.25, 0.3) is 22.0 Å². The van der Waals surface area contributed by atoms with Crippen LogP contribution in [0.1, 0.15) is 18.4 Å². The second kappa shape index (κ2) is 8.45. The molecular weight excluding hydrogens is 384 g/mol. The van der Waals surface area contributed by atoms with Crippen molar-refractivity contribution in [2.45, 2.75) is 20.4 Å². The molecule has 0 N–H and O–H groups in total. The molecule has 0 atom stereocenters. The van der Waals surface area contributed by atoms with Crippen molar-refractivity contribution in [3.05, 3.63) is 65.4 Å². The summed E-state index contributed by atoms with van der Waals surface area (Å²) < 4.78 is 13.0. The molecule has 0 fully saturated rings. The third-order valence-electron chi connectivity index (χ3n) is 4.38. The smallest absolute Gasteiger partial charge is 0.161 e. The van der Waals surface area contributed by atoms with Crippen LogP contribution in [0.15, 0.2) is 53.9 Å². The third kappa shape index (κ3) is 4.14. The Labute approximate surface area is 173 Å². The highest BCUT2D eigenvalue weighted by molar-refractivity contribution is 7.13. The van der Waals surface area contributed by atoms with Gasteiger partial charge >= 0.3 is 0 Å². The van der Waals surface area contributed by atoms with Crippen molar-refractivity contribution in [2.24, 2.45) is 0 Å². The Morgan fingerprint density at radius 3 is 2.59 bits per heavy atom. The minimum atomic E-state index is 0.565. The summed E-state index contributed by atoms with van der Waals surface area (Å²) in [5.41, 5.74) is 2.99. The molecule has 2 heterocycles. The van der Waals surface area contributed by atoms with E-state index in [4.69, 9.17) is 14.5 Å². The first kappa shape index (κ1) is 19.1. The Kier molecular flexibility index (Phi) is 5.57. The Morgan fingerprint density at radius 1 is 1.00 bits per heavy atom. The van der Waals surface area contributed by atoms with Crippen LogP contribution in [-0.4, -0.2) is 33.5 Å². The second-order valence-corrected chi connectivity index (χ2v) is 7.31. The van der Waals surface area contributed by atoms with Crippen LogP contribution in [0.3, 0.4) is 0 Å². The molecule has 29 heavy (non-hydrogen) atoms. The van der Waals surface area contributed by atoms with E-state index in [0.29, 0.717) is 18.9 Å². The standard InChI is InChI=1S/C22H22N4O2S/c1-4-28-19-11-10-17(12-20(19)27-3)22-24-18(14-29-22)13-26-21(23-15(2)25-26)16-8-6-5-7-9-16/h5-12,14H,4,13H2,1-3H3. The molecule has 0 saturated heterocycles. The molecule has 4 aromatic rings. The van der Waals surface area contributed by atoms with E-state index in [0.717, 1.165) is 39.2 Å². The van der Waals surface area contributed by atoms with Crippen molar-refractivity contribution < 1.29 is 9.47 Å². The maximum atomic E-state index is 5.60. The minimum absolute atomic E-state index is 0.565. The van der Waals surface area contributed by atoms with Gasteiger partial charge in [0.1, 0.15) is 10.8 Å². The van der Waals surface area contributed by atoms with E-state index in [1.54, 1.807) is 18.4 Å². The molecule has 0 bridgehead atoms. The van der Waals surface area contributed by atoms with E-state index >= 15 is 0 Å². The fourth-order valence-corrected chi connectivity index (χ4v) is 3.92. The number of benzene rings is 2. The maximum absolute atomic E-state index is 5.60. The third-order valence-corrected chi connectivity index (χ3v) is 5.32. The van der Waals surface area contributed by atoms with Gasteiger partial charge in [-0.1, -0.05) is 30.3 Å². The molecule has 7 heteroatoms. The molecular formula is C22H22N4O2S. The van der Waals surface area contributed by atoms with E-state index in [2.05, 4.69) is 15.5 Å². The molecule has 2 aromatic carbocycles. The van der Waals surface area contributed by atoms with Crippen molar-refractivity contribution in [3.8, 4) is 33.5 Å². The highest BCUT2D eigenvalue weighted by Gasteiger charge is 2.14. The summed E-state index contributed by atoms with van der Waals surface area (Å²) in [5, 5.41) is 7.55. The highest BCUT2D eigenvalue weighted by Crippen LogP contribution is 2.34. The molecule has 2 aromatic heterocycles. The predicted molar refractivity (Wildman–Crippen MR) is 115 cm³/mol. The van der Waals surface area contributed by atoms with E-state index in [1.807, 2.05) is 67.1 Å². The van der Waals surface area contributed by atoms with Crippen LogP contribution in [-0.2, 0) is 6.54 Å². The molecule has 0 aliphatic rings. The molecule has 148 valence electrons. The number of hydrogen-bond acceptors (Lipinski definition) is 6. The summed E-state index contributed by atoms with van der Waals surface area (Å²) >= 11 is 1.60. The minimum Gasteiger partial charge on any atom is -0.493 e. The summed E-state index contributed by atoms with van der Waals surface area (Å²) in [6.45, 7) is 5.02. The van der Waals surface area contributed by atoms with E-state index in [1.165, 1.54) is 0 Å². The first-order valence-corrected chi connectivity index (χ1v) is 10.3. The summed E-state index contributed by atoms with van der Waals surface area (Å²) in [4.78, 5) is 9.39. The van der Waals surface area contributed by atoms with Gasteiger partial charge in [-0.05, 0) is 32.0 Å². The van der Waals surface area contributed by atoms with Gasteiger partial charge in [0.15, 0.2) is 17.3 Å². The van der Waals surface area contributed by atoms with Gasteiger partial charge in [0.2, 0.25) is 0 Å². The van der Waals surface area contributed by atoms with Crippen LogP contribution in [0.5, 0.6) is 11.5 Å². The number of aryl methyl sites for hydroxylation is 1. The van der Waals surface area contributed by atoms with Gasteiger partial charge in [0, 0.05) is 16.5 Å². The number of aromatic nitrogens is 4. The van der Waals surface area contributed by atoms with Gasteiger partial charge in [0.25, 0.3) is 0 Å². The lowest BCUT2D eigenvalue weighted by molar-refractivity contribution is 0.311. The zero-order valence-corrected chi connectivity index (χ0v) is 17.4. The van der Waals surface area contributed by atoms with Crippen molar-refractivity contribution in [3.63, 3.8) is 0 Å². The van der Waals surface area contributed by atoms with Crippen LogP contribution in [0, 0.1) is 6.92 Å². The zero-order chi connectivity index (χ0) is 20.2. The normalized spacial score (nSPS) is 10.9. The summed E-state index contributed by atoms with van der Waals surface area (Å²) in [5.74, 6) is 3.04. The first-order valence-electron chi connectivity index (χ1n) is 9.40. The van der Waals surface area contributed by atoms with E-state index < -0.39 is 0 Å². The fraction of sp³-hybridized carbons (Fsp3) is 0.227. The van der Waals surface area contributed by atoms with Crippen molar-refractivity contribution >= 4 is 11.3 Å². The Balaban J connectivity index is 1.60. The molecule has 0 aliphatic heterocycles. The number of methoxy groups -OCH3 is 1. The maximum Gasteiger partial charge on any atom is 0.161 e. The Morgan fingerprint density at radius 2 is 1.83 bits per heavy atom. The van der Waals surface area contributed by atoms with Crippen LogP contribution in [0.4, 0.5) is 0 Å². The SMILES string of the molecule is CCOc1ccc(-c2nc(Cn3nc(C)nc3-c3ccccc3)cs2)cc1OC. The molecule has 0 spiro atoms. The van der Waals surface area contributed by atoms with Gasteiger partial charge in [-0.15, -0.1) is 11.3 Å². The molecule has 0 saturated carbocycles. The van der Waals surface area contributed by atoms with Gasteiger partial charge in [-0.3, -0.25) is 0 Å². The summed E-state index contributed by atoms with van der Waals surface area (Å²) in [6.07, 6.45) is 0. The molecule has 0 radical (unpaired) electrons. The zero-order valence-electron chi connectivity index (χ0n) is 16.6. The first-order chi connectivity index (χ1) is 14.2. The highest BCUT2D eigenvalue weighted by atomic mass is 32.1. The molecule has 0 aliphatic carbocycles. The second-order valence-electron chi connectivity index (χ2n) is 6.45. The quantitative estimate of drug-likeness (QED) is 0.440. The van der Waals surface area contributed by atoms with E-state index in [9.17, 15) is 0 Å². The Hall–Kier alpha value is -3.19. The lowest BCUT2D eigenvalue weighted by Gasteiger charge is -2.10. The monoisotopic (exact) mass is 406 g/mol. The number of ether oxygens (including phenoxy) is 2. The molecule has 4 rings (SSSR count). The van der Waals surface area contributed by atoms with Gasteiger partial charge in [-0.25, -0.2) is 14.6 Å². The summed E-state index contributed by atoms with van der Waals surface area (Å²) in [6, 6.07) is 16.0. The lowest BCUT2D eigenvalue weighted by atomic mass is 10.2. The molecule has 0 amide bonds. The van der Waals surface area contributed by atoms with Crippen LogP contribution < -0.4 is 9.47 Å².